The second-order valence-electron chi connectivity index (χ2n) is 5.03. The minimum atomic E-state index is 0.121. The summed E-state index contributed by atoms with van der Waals surface area (Å²) in [4.78, 5) is 14.0. The molecule has 1 aliphatic rings. The van der Waals surface area contributed by atoms with Crippen LogP contribution in [0.15, 0.2) is 4.99 Å². The fourth-order valence-corrected chi connectivity index (χ4v) is 2.19. The Morgan fingerprint density at radius 2 is 2.21 bits per heavy atom. The van der Waals surface area contributed by atoms with Crippen LogP contribution in [0, 0.1) is 6.42 Å². The molecule has 0 N–H and O–H groups in total. The number of rotatable bonds is 3. The predicted octanol–water partition coefficient (Wildman–Crippen LogP) is 1.55. The SMILES string of the molecule is C[N+](C)(C)C1(CN=C=O)C[CH]CCC1. The van der Waals surface area contributed by atoms with E-state index >= 15 is 0 Å². The van der Waals surface area contributed by atoms with E-state index in [-0.39, 0.29) is 5.54 Å². The quantitative estimate of drug-likeness (QED) is 0.382. The molecule has 0 bridgehead atoms. The Balaban J connectivity index is 2.82. The number of aliphatic imine (C=N–C) groups is 1. The van der Waals surface area contributed by atoms with Gasteiger partial charge in [-0.2, -0.15) is 4.99 Å². The first-order valence-corrected chi connectivity index (χ1v) is 5.19. The minimum absolute atomic E-state index is 0.121. The van der Waals surface area contributed by atoms with Crippen molar-refractivity contribution < 1.29 is 9.28 Å². The van der Waals surface area contributed by atoms with Crippen LogP contribution in [0.2, 0.25) is 0 Å². The molecule has 3 nitrogen and oxygen atoms in total. The molecule has 0 aliphatic heterocycles. The van der Waals surface area contributed by atoms with Gasteiger partial charge in [-0.15, -0.1) is 0 Å². The van der Waals surface area contributed by atoms with Gasteiger partial charge in [0.2, 0.25) is 6.08 Å². The van der Waals surface area contributed by atoms with Gasteiger partial charge >= 0.3 is 0 Å². The summed E-state index contributed by atoms with van der Waals surface area (Å²) in [5.41, 5.74) is 0.121. The van der Waals surface area contributed by atoms with Gasteiger partial charge in [-0.25, -0.2) is 4.79 Å². The van der Waals surface area contributed by atoms with E-state index in [9.17, 15) is 4.79 Å². The molecule has 1 aliphatic carbocycles. The van der Waals surface area contributed by atoms with Crippen LogP contribution in [0.1, 0.15) is 25.7 Å². The maximum absolute atomic E-state index is 10.2. The zero-order valence-electron chi connectivity index (χ0n) is 9.42. The topological polar surface area (TPSA) is 29.4 Å². The molecule has 1 atom stereocenters. The van der Waals surface area contributed by atoms with E-state index in [1.54, 1.807) is 6.08 Å². The number of likely N-dealkylation sites (N-methyl/N-ethyl adjacent to an activating group) is 1. The van der Waals surface area contributed by atoms with Crippen LogP contribution in [0.25, 0.3) is 0 Å². The third kappa shape index (κ3) is 2.23. The number of carbonyl (C=O) groups excluding carboxylic acids is 1. The average Bonchev–Trinajstić information content (AvgIpc) is 2.14. The second-order valence-corrected chi connectivity index (χ2v) is 5.03. The van der Waals surface area contributed by atoms with E-state index in [0.717, 1.165) is 17.3 Å². The Morgan fingerprint density at radius 1 is 1.50 bits per heavy atom. The van der Waals surface area contributed by atoms with Crippen molar-refractivity contribution in [1.29, 1.82) is 0 Å². The summed E-state index contributed by atoms with van der Waals surface area (Å²) in [7, 11) is 6.54. The summed E-state index contributed by atoms with van der Waals surface area (Å²) in [6.07, 6.45) is 8.61. The molecule has 0 aromatic heterocycles. The average molecular weight is 196 g/mol. The molecule has 79 valence electrons. The summed E-state index contributed by atoms with van der Waals surface area (Å²) in [6, 6.07) is 0. The van der Waals surface area contributed by atoms with Gasteiger partial charge in [0.05, 0.1) is 21.1 Å². The molecule has 0 saturated heterocycles. The van der Waals surface area contributed by atoms with Crippen molar-refractivity contribution in [2.24, 2.45) is 4.99 Å². The molecular weight excluding hydrogens is 176 g/mol. The Hall–Kier alpha value is -0.660. The molecule has 0 spiro atoms. The van der Waals surface area contributed by atoms with E-state index < -0.39 is 0 Å². The molecule has 1 saturated carbocycles. The Kier molecular flexibility index (Phi) is 3.46. The van der Waals surface area contributed by atoms with Crippen molar-refractivity contribution in [2.75, 3.05) is 27.7 Å². The van der Waals surface area contributed by atoms with Crippen molar-refractivity contribution in [3.8, 4) is 0 Å². The van der Waals surface area contributed by atoms with Crippen LogP contribution in [0.4, 0.5) is 0 Å². The Labute approximate surface area is 86.4 Å². The normalized spacial score (nSPS) is 21.4. The van der Waals surface area contributed by atoms with Gasteiger partial charge in [-0.05, 0) is 19.3 Å². The summed E-state index contributed by atoms with van der Waals surface area (Å²) in [5, 5.41) is 0. The van der Waals surface area contributed by atoms with Crippen LogP contribution < -0.4 is 0 Å². The van der Waals surface area contributed by atoms with Crippen LogP contribution in [-0.2, 0) is 4.79 Å². The van der Waals surface area contributed by atoms with E-state index in [2.05, 4.69) is 32.6 Å². The molecule has 0 aromatic rings. The fourth-order valence-electron chi connectivity index (χ4n) is 2.19. The molecule has 3 heteroatoms. The van der Waals surface area contributed by atoms with Crippen LogP contribution >= 0.6 is 0 Å². The number of hydrogen-bond acceptors (Lipinski definition) is 2. The third-order valence-electron chi connectivity index (χ3n) is 3.44. The van der Waals surface area contributed by atoms with Gasteiger partial charge in [0, 0.05) is 12.8 Å². The monoisotopic (exact) mass is 196 g/mol. The molecule has 0 amide bonds. The smallest absolute Gasteiger partial charge is 0.235 e. The highest BCUT2D eigenvalue weighted by Crippen LogP contribution is 2.35. The lowest BCUT2D eigenvalue weighted by Gasteiger charge is -2.47. The molecule has 0 heterocycles. The molecule has 1 radical (unpaired) electrons. The van der Waals surface area contributed by atoms with Crippen molar-refractivity contribution in [1.82, 2.24) is 0 Å². The van der Waals surface area contributed by atoms with Crippen molar-refractivity contribution in [2.45, 2.75) is 31.2 Å². The molecule has 1 rings (SSSR count). The molecular formula is C11H20N2O+. The number of quaternary nitrogens is 1. The summed E-state index contributed by atoms with van der Waals surface area (Å²) >= 11 is 0. The lowest BCUT2D eigenvalue weighted by atomic mass is 9.79. The van der Waals surface area contributed by atoms with Crippen LogP contribution in [-0.4, -0.2) is 43.8 Å². The lowest BCUT2D eigenvalue weighted by molar-refractivity contribution is -0.923. The van der Waals surface area contributed by atoms with Crippen molar-refractivity contribution in [3.63, 3.8) is 0 Å². The van der Waals surface area contributed by atoms with Gasteiger partial charge < -0.3 is 4.48 Å². The van der Waals surface area contributed by atoms with E-state index in [4.69, 9.17) is 0 Å². The van der Waals surface area contributed by atoms with Crippen molar-refractivity contribution in [3.05, 3.63) is 6.42 Å². The first-order valence-electron chi connectivity index (χ1n) is 5.19. The second kappa shape index (κ2) is 4.24. The number of isocyanates is 1. The fraction of sp³-hybridized carbons (Fsp3) is 0.818. The molecule has 0 aromatic carbocycles. The van der Waals surface area contributed by atoms with Gasteiger partial charge in [-0.3, -0.25) is 0 Å². The maximum Gasteiger partial charge on any atom is 0.235 e. The predicted molar refractivity (Wildman–Crippen MR) is 56.5 cm³/mol. The highest BCUT2D eigenvalue weighted by Gasteiger charge is 2.43. The summed E-state index contributed by atoms with van der Waals surface area (Å²) in [6.45, 7) is 0.608. The summed E-state index contributed by atoms with van der Waals surface area (Å²) < 4.78 is 0.870. The maximum atomic E-state index is 10.2. The zero-order chi connectivity index (χ0) is 10.7. The van der Waals surface area contributed by atoms with E-state index in [1.807, 2.05) is 0 Å². The van der Waals surface area contributed by atoms with E-state index in [0.29, 0.717) is 6.54 Å². The van der Waals surface area contributed by atoms with Gasteiger partial charge in [0.1, 0.15) is 12.1 Å². The third-order valence-corrected chi connectivity index (χ3v) is 3.44. The molecule has 1 unspecified atom stereocenters. The molecule has 14 heavy (non-hydrogen) atoms. The van der Waals surface area contributed by atoms with E-state index in [1.165, 1.54) is 12.8 Å². The van der Waals surface area contributed by atoms with Gasteiger partial charge in [0.15, 0.2) is 0 Å². The Bertz CT molecular complexity index is 230. The van der Waals surface area contributed by atoms with Gasteiger partial charge in [-0.1, -0.05) is 0 Å². The standard InChI is InChI=1S/C11H20N2O/c1-13(2,3)11(9-12-10-14)7-5-4-6-8-11/h5H,4,6-9H2,1-3H3/q+1. The van der Waals surface area contributed by atoms with Crippen LogP contribution in [0.3, 0.4) is 0 Å². The number of nitrogens with zero attached hydrogens (tertiary/aromatic N) is 2. The lowest BCUT2D eigenvalue weighted by Crippen LogP contribution is -2.60. The zero-order valence-corrected chi connectivity index (χ0v) is 9.42. The number of hydrogen-bond donors (Lipinski definition) is 0. The summed E-state index contributed by atoms with van der Waals surface area (Å²) in [5.74, 6) is 0. The highest BCUT2D eigenvalue weighted by molar-refractivity contribution is 5.33. The first-order chi connectivity index (χ1) is 6.52. The molecule has 1 fully saturated rings. The Morgan fingerprint density at radius 3 is 2.64 bits per heavy atom. The van der Waals surface area contributed by atoms with Crippen molar-refractivity contribution >= 4 is 6.08 Å². The largest absolute Gasteiger partial charge is 0.324 e. The van der Waals surface area contributed by atoms with Crippen LogP contribution in [0.5, 0.6) is 0 Å². The minimum Gasteiger partial charge on any atom is -0.324 e. The van der Waals surface area contributed by atoms with Gasteiger partial charge in [0.25, 0.3) is 0 Å². The highest BCUT2D eigenvalue weighted by atomic mass is 16.1. The first kappa shape index (κ1) is 11.4.